The minimum atomic E-state index is -0.290. The molecule has 0 bridgehead atoms. The van der Waals surface area contributed by atoms with Gasteiger partial charge in [0.25, 0.3) is 0 Å². The molecule has 1 fully saturated rings. The highest BCUT2D eigenvalue weighted by Crippen LogP contribution is 2.28. The zero-order valence-corrected chi connectivity index (χ0v) is 9.74. The second-order valence-corrected chi connectivity index (χ2v) is 4.51. The Morgan fingerprint density at radius 1 is 1.53 bits per heavy atom. The molecule has 0 radical (unpaired) electrons. The molecule has 0 aliphatic carbocycles. The number of aryl methyl sites for hydroxylation is 1. The number of benzene rings is 1. The van der Waals surface area contributed by atoms with Crippen LogP contribution in [0.3, 0.4) is 0 Å². The number of carbonyl (C=O) groups excluding carboxylic acids is 1. The van der Waals surface area contributed by atoms with Gasteiger partial charge in [0.1, 0.15) is 5.82 Å². The van der Waals surface area contributed by atoms with E-state index in [1.54, 1.807) is 19.1 Å². The van der Waals surface area contributed by atoms with Crippen molar-refractivity contribution in [2.75, 3.05) is 6.61 Å². The van der Waals surface area contributed by atoms with Crippen LogP contribution in [0, 0.1) is 12.7 Å². The Labute approximate surface area is 99.7 Å². The summed E-state index contributed by atoms with van der Waals surface area (Å²) < 4.78 is 13.4. The van der Waals surface area contributed by atoms with E-state index in [0.717, 1.165) is 0 Å². The predicted octanol–water partition coefficient (Wildman–Crippen LogP) is 1.49. The van der Waals surface area contributed by atoms with Crippen LogP contribution >= 0.6 is 0 Å². The normalized spacial score (nSPS) is 23.8. The van der Waals surface area contributed by atoms with E-state index < -0.39 is 0 Å². The maximum absolute atomic E-state index is 13.4. The Morgan fingerprint density at radius 3 is 2.94 bits per heavy atom. The van der Waals surface area contributed by atoms with Crippen molar-refractivity contribution in [1.82, 2.24) is 5.32 Å². The molecule has 0 saturated carbocycles. The third kappa shape index (κ3) is 2.47. The Kier molecular flexibility index (Phi) is 3.43. The SMILES string of the molecule is Cc1ccc(C2CC(CCO)NC2=O)cc1F. The molecule has 2 unspecified atom stereocenters. The molecule has 3 nitrogen and oxygen atoms in total. The van der Waals surface area contributed by atoms with Gasteiger partial charge >= 0.3 is 0 Å². The molecular formula is C13H16FNO2. The summed E-state index contributed by atoms with van der Waals surface area (Å²) >= 11 is 0. The summed E-state index contributed by atoms with van der Waals surface area (Å²) in [6, 6.07) is 4.92. The van der Waals surface area contributed by atoms with Crippen LogP contribution in [0.25, 0.3) is 0 Å². The van der Waals surface area contributed by atoms with Gasteiger partial charge in [-0.3, -0.25) is 4.79 Å². The summed E-state index contributed by atoms with van der Waals surface area (Å²) in [5, 5.41) is 11.7. The van der Waals surface area contributed by atoms with Crippen LogP contribution in [0.15, 0.2) is 18.2 Å². The third-order valence-electron chi connectivity index (χ3n) is 3.26. The Hall–Kier alpha value is -1.42. The number of rotatable bonds is 3. The largest absolute Gasteiger partial charge is 0.396 e. The van der Waals surface area contributed by atoms with Gasteiger partial charge in [-0.2, -0.15) is 0 Å². The van der Waals surface area contributed by atoms with Crippen molar-refractivity contribution in [1.29, 1.82) is 0 Å². The lowest BCUT2D eigenvalue weighted by Crippen LogP contribution is -2.26. The van der Waals surface area contributed by atoms with Crippen LogP contribution < -0.4 is 5.32 Å². The number of hydrogen-bond acceptors (Lipinski definition) is 2. The fourth-order valence-corrected chi connectivity index (χ4v) is 2.21. The van der Waals surface area contributed by atoms with Crippen LogP contribution in [-0.4, -0.2) is 23.7 Å². The molecule has 1 aliphatic rings. The molecule has 92 valence electrons. The van der Waals surface area contributed by atoms with Gasteiger partial charge in [0.05, 0.1) is 5.92 Å². The van der Waals surface area contributed by atoms with Crippen molar-refractivity contribution >= 4 is 5.91 Å². The molecular weight excluding hydrogens is 221 g/mol. The Morgan fingerprint density at radius 2 is 2.29 bits per heavy atom. The standard InChI is InChI=1S/C13H16FNO2/c1-8-2-3-9(6-12(8)14)11-7-10(4-5-16)15-13(11)17/h2-3,6,10-11,16H,4-5,7H2,1H3,(H,15,17). The van der Waals surface area contributed by atoms with Gasteiger partial charge in [0.2, 0.25) is 5.91 Å². The lowest BCUT2D eigenvalue weighted by atomic mass is 9.94. The van der Waals surface area contributed by atoms with Crippen LogP contribution in [0.5, 0.6) is 0 Å². The molecule has 0 aromatic heterocycles. The van der Waals surface area contributed by atoms with E-state index in [1.807, 2.05) is 0 Å². The Balaban J connectivity index is 2.17. The van der Waals surface area contributed by atoms with Gasteiger partial charge in [0, 0.05) is 12.6 Å². The van der Waals surface area contributed by atoms with E-state index in [4.69, 9.17) is 5.11 Å². The summed E-state index contributed by atoms with van der Waals surface area (Å²) in [7, 11) is 0. The summed E-state index contributed by atoms with van der Waals surface area (Å²) in [4.78, 5) is 11.7. The van der Waals surface area contributed by atoms with Gasteiger partial charge in [-0.15, -0.1) is 0 Å². The molecule has 1 aromatic rings. The lowest BCUT2D eigenvalue weighted by molar-refractivity contribution is -0.120. The van der Waals surface area contributed by atoms with Crippen molar-refractivity contribution in [3.8, 4) is 0 Å². The molecule has 17 heavy (non-hydrogen) atoms. The molecule has 1 aromatic carbocycles. The van der Waals surface area contributed by atoms with Crippen LogP contribution in [0.4, 0.5) is 4.39 Å². The number of carbonyl (C=O) groups is 1. The first-order valence-corrected chi connectivity index (χ1v) is 5.79. The number of aliphatic hydroxyl groups is 1. The molecule has 4 heteroatoms. The minimum absolute atomic E-state index is 0.00173. The quantitative estimate of drug-likeness (QED) is 0.836. The van der Waals surface area contributed by atoms with Crippen molar-refractivity contribution < 1.29 is 14.3 Å². The predicted molar refractivity (Wildman–Crippen MR) is 62.1 cm³/mol. The molecule has 2 rings (SSSR count). The van der Waals surface area contributed by atoms with Crippen molar-refractivity contribution in [3.05, 3.63) is 35.1 Å². The molecule has 1 saturated heterocycles. The van der Waals surface area contributed by atoms with Gasteiger partial charge in [-0.25, -0.2) is 4.39 Å². The van der Waals surface area contributed by atoms with Crippen molar-refractivity contribution in [2.45, 2.75) is 31.7 Å². The zero-order valence-electron chi connectivity index (χ0n) is 9.74. The fraction of sp³-hybridized carbons (Fsp3) is 0.462. The number of halogens is 1. The highest BCUT2D eigenvalue weighted by Gasteiger charge is 2.32. The average molecular weight is 237 g/mol. The molecule has 1 aliphatic heterocycles. The Bertz CT molecular complexity index is 433. The highest BCUT2D eigenvalue weighted by molar-refractivity contribution is 5.86. The second kappa shape index (κ2) is 4.84. The zero-order chi connectivity index (χ0) is 12.4. The number of aliphatic hydroxyl groups excluding tert-OH is 1. The van der Waals surface area contributed by atoms with Gasteiger partial charge < -0.3 is 10.4 Å². The van der Waals surface area contributed by atoms with Gasteiger partial charge in [-0.1, -0.05) is 12.1 Å². The second-order valence-electron chi connectivity index (χ2n) is 4.51. The van der Waals surface area contributed by atoms with E-state index in [2.05, 4.69) is 5.32 Å². The fourth-order valence-electron chi connectivity index (χ4n) is 2.21. The van der Waals surface area contributed by atoms with E-state index in [9.17, 15) is 9.18 Å². The number of nitrogens with one attached hydrogen (secondary N) is 1. The topological polar surface area (TPSA) is 49.3 Å². The molecule has 2 atom stereocenters. The minimum Gasteiger partial charge on any atom is -0.396 e. The highest BCUT2D eigenvalue weighted by atomic mass is 19.1. The van der Waals surface area contributed by atoms with Gasteiger partial charge in [0.15, 0.2) is 0 Å². The van der Waals surface area contributed by atoms with Gasteiger partial charge in [-0.05, 0) is 37.0 Å². The summed E-state index contributed by atoms with van der Waals surface area (Å²) in [5.41, 5.74) is 1.30. The molecule has 1 amide bonds. The van der Waals surface area contributed by atoms with E-state index in [0.29, 0.717) is 24.0 Å². The molecule has 2 N–H and O–H groups in total. The van der Waals surface area contributed by atoms with E-state index in [-0.39, 0.29) is 30.3 Å². The molecule has 0 spiro atoms. The maximum atomic E-state index is 13.4. The average Bonchev–Trinajstić information content (AvgIpc) is 2.64. The smallest absolute Gasteiger partial charge is 0.227 e. The lowest BCUT2D eigenvalue weighted by Gasteiger charge is -2.08. The first-order valence-electron chi connectivity index (χ1n) is 5.79. The maximum Gasteiger partial charge on any atom is 0.227 e. The van der Waals surface area contributed by atoms with E-state index in [1.165, 1.54) is 6.07 Å². The first kappa shape index (κ1) is 12.0. The number of amides is 1. The summed E-state index contributed by atoms with van der Waals surface area (Å²) in [5.74, 6) is -0.644. The van der Waals surface area contributed by atoms with Crippen LogP contribution in [0.2, 0.25) is 0 Å². The summed E-state index contributed by atoms with van der Waals surface area (Å²) in [6.07, 6.45) is 1.18. The van der Waals surface area contributed by atoms with Crippen LogP contribution in [0.1, 0.15) is 29.9 Å². The summed E-state index contributed by atoms with van der Waals surface area (Å²) in [6.45, 7) is 1.75. The first-order chi connectivity index (χ1) is 8.11. The number of hydrogen-bond donors (Lipinski definition) is 2. The van der Waals surface area contributed by atoms with Crippen LogP contribution in [-0.2, 0) is 4.79 Å². The third-order valence-corrected chi connectivity index (χ3v) is 3.26. The monoisotopic (exact) mass is 237 g/mol. The van der Waals surface area contributed by atoms with Crippen molar-refractivity contribution in [3.63, 3.8) is 0 Å². The van der Waals surface area contributed by atoms with E-state index >= 15 is 0 Å². The van der Waals surface area contributed by atoms with Crippen molar-refractivity contribution in [2.24, 2.45) is 0 Å². The molecule has 1 heterocycles.